The normalized spacial score (nSPS) is 27.6. The number of rotatable bonds is 3. The number of anilines is 1. The van der Waals surface area contributed by atoms with Gasteiger partial charge in [0.1, 0.15) is 5.82 Å². The van der Waals surface area contributed by atoms with E-state index in [0.29, 0.717) is 18.4 Å². The molecule has 0 radical (unpaired) electrons. The molecular weight excluding hydrogens is 327 g/mol. The first-order valence-electron chi connectivity index (χ1n) is 9.58. The van der Waals surface area contributed by atoms with Crippen molar-refractivity contribution in [3.63, 3.8) is 0 Å². The molecule has 0 bridgehead atoms. The molecule has 2 heterocycles. The minimum absolute atomic E-state index is 0.0299. The standard InChI is InChI=1S/C22H27FN2O/c1-13(2)15-5-10-20-19(11-15)22-18(9-8-17(12-24)26-22)21(25-20)14-3-6-16(23)7-4-14/h3-7,10-11,13,17-18,21-22,25H,8-9,12,24H2,1-2H3/t17?,18?,21-,22?/m0/s1. The monoisotopic (exact) mass is 354 g/mol. The van der Waals surface area contributed by atoms with Crippen molar-refractivity contribution >= 4 is 5.69 Å². The van der Waals surface area contributed by atoms with Crippen LogP contribution >= 0.6 is 0 Å². The van der Waals surface area contributed by atoms with Crippen molar-refractivity contribution in [1.29, 1.82) is 0 Å². The number of fused-ring (bicyclic) bond motifs is 3. The Hall–Kier alpha value is -1.91. The number of ether oxygens (including phenoxy) is 1. The van der Waals surface area contributed by atoms with Crippen molar-refractivity contribution in [1.82, 2.24) is 0 Å². The number of nitrogens with one attached hydrogen (secondary N) is 1. The van der Waals surface area contributed by atoms with Crippen LogP contribution in [0.25, 0.3) is 0 Å². The van der Waals surface area contributed by atoms with Gasteiger partial charge in [0.25, 0.3) is 0 Å². The van der Waals surface area contributed by atoms with Crippen LogP contribution in [-0.2, 0) is 4.74 Å². The molecular formula is C22H27FN2O. The third-order valence-corrected chi connectivity index (χ3v) is 5.83. The number of hydrogen-bond donors (Lipinski definition) is 2. The highest BCUT2D eigenvalue weighted by molar-refractivity contribution is 5.58. The summed E-state index contributed by atoms with van der Waals surface area (Å²) in [6.07, 6.45) is 2.16. The quantitative estimate of drug-likeness (QED) is 0.823. The summed E-state index contributed by atoms with van der Waals surface area (Å²) < 4.78 is 19.8. The number of nitrogens with two attached hydrogens (primary N) is 1. The van der Waals surface area contributed by atoms with Gasteiger partial charge in [-0.1, -0.05) is 38.1 Å². The van der Waals surface area contributed by atoms with E-state index in [-0.39, 0.29) is 24.1 Å². The summed E-state index contributed by atoms with van der Waals surface area (Å²) >= 11 is 0. The average molecular weight is 354 g/mol. The van der Waals surface area contributed by atoms with Gasteiger partial charge >= 0.3 is 0 Å². The number of benzene rings is 2. The molecule has 3 nitrogen and oxygen atoms in total. The van der Waals surface area contributed by atoms with Crippen molar-refractivity contribution in [2.75, 3.05) is 11.9 Å². The van der Waals surface area contributed by atoms with Crippen LogP contribution in [0.4, 0.5) is 10.1 Å². The largest absolute Gasteiger partial charge is 0.378 e. The summed E-state index contributed by atoms with van der Waals surface area (Å²) in [5.74, 6) is 0.590. The van der Waals surface area contributed by atoms with Crippen LogP contribution in [0.15, 0.2) is 42.5 Å². The minimum atomic E-state index is -0.203. The van der Waals surface area contributed by atoms with E-state index in [4.69, 9.17) is 10.5 Å². The van der Waals surface area contributed by atoms with Crippen molar-refractivity contribution in [3.05, 3.63) is 65.0 Å². The molecule has 138 valence electrons. The molecule has 0 aliphatic carbocycles. The van der Waals surface area contributed by atoms with Gasteiger partial charge in [-0.05, 0) is 48.1 Å². The smallest absolute Gasteiger partial charge is 0.123 e. The van der Waals surface area contributed by atoms with Gasteiger partial charge in [-0.3, -0.25) is 0 Å². The van der Waals surface area contributed by atoms with E-state index in [1.165, 1.54) is 23.3 Å². The topological polar surface area (TPSA) is 47.3 Å². The lowest BCUT2D eigenvalue weighted by molar-refractivity contribution is -0.0887. The first-order chi connectivity index (χ1) is 12.6. The second-order valence-electron chi connectivity index (χ2n) is 7.83. The van der Waals surface area contributed by atoms with Crippen LogP contribution in [0, 0.1) is 11.7 Å². The Kier molecular flexibility index (Phi) is 4.72. The fourth-order valence-corrected chi connectivity index (χ4v) is 4.31. The summed E-state index contributed by atoms with van der Waals surface area (Å²) in [6.45, 7) is 4.97. The van der Waals surface area contributed by atoms with Crippen molar-refractivity contribution in [2.45, 2.75) is 50.9 Å². The maximum Gasteiger partial charge on any atom is 0.123 e. The molecule has 2 aliphatic rings. The Morgan fingerprint density at radius 1 is 1.15 bits per heavy atom. The Balaban J connectivity index is 1.75. The molecule has 1 saturated heterocycles. The van der Waals surface area contributed by atoms with Crippen LogP contribution in [-0.4, -0.2) is 12.6 Å². The zero-order valence-electron chi connectivity index (χ0n) is 15.4. The molecule has 3 unspecified atom stereocenters. The van der Waals surface area contributed by atoms with Gasteiger partial charge in [-0.15, -0.1) is 0 Å². The van der Waals surface area contributed by atoms with Crippen LogP contribution in [0.5, 0.6) is 0 Å². The van der Waals surface area contributed by atoms with Crippen LogP contribution in [0.2, 0.25) is 0 Å². The first kappa shape index (κ1) is 17.5. The summed E-state index contributed by atoms with van der Waals surface area (Å²) in [5.41, 5.74) is 10.7. The fourth-order valence-electron chi connectivity index (χ4n) is 4.31. The molecule has 4 heteroatoms. The molecule has 0 saturated carbocycles. The molecule has 4 rings (SSSR count). The van der Waals surface area contributed by atoms with Crippen LogP contribution < -0.4 is 11.1 Å². The van der Waals surface area contributed by atoms with E-state index in [2.05, 4.69) is 37.4 Å². The number of hydrogen-bond acceptors (Lipinski definition) is 3. The molecule has 4 atom stereocenters. The SMILES string of the molecule is CC(C)c1ccc2c(c1)C1OC(CN)CCC1[C@H](c1ccc(F)cc1)N2. The van der Waals surface area contributed by atoms with Crippen molar-refractivity contribution in [2.24, 2.45) is 11.7 Å². The van der Waals surface area contributed by atoms with Crippen LogP contribution in [0.3, 0.4) is 0 Å². The van der Waals surface area contributed by atoms with Gasteiger partial charge in [0.05, 0.1) is 18.2 Å². The second-order valence-corrected chi connectivity index (χ2v) is 7.83. The van der Waals surface area contributed by atoms with E-state index in [1.807, 2.05) is 12.1 Å². The average Bonchev–Trinajstić information content (AvgIpc) is 2.67. The lowest BCUT2D eigenvalue weighted by Gasteiger charge is -2.45. The van der Waals surface area contributed by atoms with E-state index < -0.39 is 0 Å². The highest BCUT2D eigenvalue weighted by Gasteiger charge is 2.42. The predicted octanol–water partition coefficient (Wildman–Crippen LogP) is 4.91. The van der Waals surface area contributed by atoms with E-state index in [9.17, 15) is 4.39 Å². The third-order valence-electron chi connectivity index (χ3n) is 5.83. The highest BCUT2D eigenvalue weighted by Crippen LogP contribution is 2.50. The van der Waals surface area contributed by atoms with E-state index in [1.54, 1.807) is 0 Å². The molecule has 0 spiro atoms. The van der Waals surface area contributed by atoms with Gasteiger partial charge in [0, 0.05) is 23.7 Å². The Bertz CT molecular complexity index is 774. The van der Waals surface area contributed by atoms with Gasteiger partial charge in [0.2, 0.25) is 0 Å². The molecule has 26 heavy (non-hydrogen) atoms. The molecule has 0 amide bonds. The maximum atomic E-state index is 13.4. The zero-order chi connectivity index (χ0) is 18.3. The Labute approximate surface area is 154 Å². The Morgan fingerprint density at radius 3 is 2.62 bits per heavy atom. The fraction of sp³-hybridized carbons (Fsp3) is 0.455. The van der Waals surface area contributed by atoms with Gasteiger partial charge < -0.3 is 15.8 Å². The highest BCUT2D eigenvalue weighted by atomic mass is 19.1. The molecule has 0 aromatic heterocycles. The van der Waals surface area contributed by atoms with E-state index >= 15 is 0 Å². The van der Waals surface area contributed by atoms with Gasteiger partial charge in [0.15, 0.2) is 0 Å². The van der Waals surface area contributed by atoms with Crippen molar-refractivity contribution < 1.29 is 9.13 Å². The van der Waals surface area contributed by atoms with Gasteiger partial charge in [-0.2, -0.15) is 0 Å². The minimum Gasteiger partial charge on any atom is -0.378 e. The van der Waals surface area contributed by atoms with Crippen molar-refractivity contribution in [3.8, 4) is 0 Å². The molecule has 2 aromatic carbocycles. The lowest BCUT2D eigenvalue weighted by Crippen LogP contribution is -2.41. The summed E-state index contributed by atoms with van der Waals surface area (Å²) in [6, 6.07) is 13.6. The lowest BCUT2D eigenvalue weighted by atomic mass is 9.76. The molecule has 3 N–H and O–H groups in total. The predicted molar refractivity (Wildman–Crippen MR) is 103 cm³/mol. The maximum absolute atomic E-state index is 13.4. The summed E-state index contributed by atoms with van der Waals surface area (Å²) in [4.78, 5) is 0. The molecule has 2 aromatic rings. The Morgan fingerprint density at radius 2 is 1.92 bits per heavy atom. The first-order valence-corrected chi connectivity index (χ1v) is 9.58. The molecule has 2 aliphatic heterocycles. The molecule has 1 fully saturated rings. The zero-order valence-corrected chi connectivity index (χ0v) is 15.4. The van der Waals surface area contributed by atoms with Gasteiger partial charge in [-0.25, -0.2) is 4.39 Å². The number of halogens is 1. The summed E-state index contributed by atoms with van der Waals surface area (Å²) in [5, 5.41) is 3.70. The summed E-state index contributed by atoms with van der Waals surface area (Å²) in [7, 11) is 0. The van der Waals surface area contributed by atoms with Crippen LogP contribution in [0.1, 0.15) is 61.4 Å². The third kappa shape index (κ3) is 3.12. The van der Waals surface area contributed by atoms with E-state index in [0.717, 1.165) is 24.1 Å². The second kappa shape index (κ2) is 7.01.